The molecule has 3 heteroatoms. The molecular formula is C18H20N2O. The molecule has 3 rings (SSSR count). The molecule has 0 spiro atoms. The Labute approximate surface area is 125 Å². The molecule has 3 nitrogen and oxygen atoms in total. The van der Waals surface area contributed by atoms with Crippen molar-refractivity contribution >= 4 is 11.0 Å². The summed E-state index contributed by atoms with van der Waals surface area (Å²) in [7, 11) is 0. The van der Waals surface area contributed by atoms with Crippen LogP contribution in [0.5, 0.6) is 5.75 Å². The van der Waals surface area contributed by atoms with Crippen molar-refractivity contribution in [3.8, 4) is 5.75 Å². The summed E-state index contributed by atoms with van der Waals surface area (Å²) in [5, 5.41) is 0. The number of para-hydroxylation sites is 1. The third-order valence-electron chi connectivity index (χ3n) is 3.72. The highest BCUT2D eigenvalue weighted by atomic mass is 16.5. The molecule has 0 aliphatic rings. The van der Waals surface area contributed by atoms with Gasteiger partial charge in [0, 0.05) is 0 Å². The summed E-state index contributed by atoms with van der Waals surface area (Å²) >= 11 is 0. The molecule has 0 saturated heterocycles. The molecule has 1 N–H and O–H groups in total. The van der Waals surface area contributed by atoms with E-state index in [1.54, 1.807) is 0 Å². The van der Waals surface area contributed by atoms with Crippen molar-refractivity contribution < 1.29 is 4.74 Å². The molecule has 0 fully saturated rings. The number of hydrogen-bond acceptors (Lipinski definition) is 2. The van der Waals surface area contributed by atoms with Crippen LogP contribution >= 0.6 is 0 Å². The lowest BCUT2D eigenvalue weighted by atomic mass is 10.1. The molecule has 108 valence electrons. The van der Waals surface area contributed by atoms with Gasteiger partial charge < -0.3 is 9.72 Å². The largest absolute Gasteiger partial charge is 0.483 e. The molecule has 0 amide bonds. The molecular weight excluding hydrogens is 260 g/mol. The average Bonchev–Trinajstić information content (AvgIpc) is 2.85. The second-order valence-electron chi connectivity index (χ2n) is 5.63. The molecule has 1 aromatic heterocycles. The van der Waals surface area contributed by atoms with Crippen LogP contribution in [0, 0.1) is 20.8 Å². The predicted molar refractivity (Wildman–Crippen MR) is 85.8 cm³/mol. The first-order valence-electron chi connectivity index (χ1n) is 7.24. The van der Waals surface area contributed by atoms with E-state index in [1.807, 2.05) is 38.1 Å². The zero-order valence-corrected chi connectivity index (χ0v) is 12.9. The Morgan fingerprint density at radius 1 is 1.05 bits per heavy atom. The number of nitrogens with one attached hydrogen (secondary N) is 1. The number of aryl methyl sites for hydroxylation is 3. The van der Waals surface area contributed by atoms with E-state index in [-0.39, 0.29) is 6.10 Å². The number of H-pyrrole nitrogens is 1. The number of rotatable bonds is 3. The Morgan fingerprint density at radius 2 is 1.81 bits per heavy atom. The van der Waals surface area contributed by atoms with Crippen LogP contribution in [-0.2, 0) is 0 Å². The number of aromatic nitrogens is 2. The zero-order chi connectivity index (χ0) is 15.0. The summed E-state index contributed by atoms with van der Waals surface area (Å²) in [5.41, 5.74) is 5.66. The molecule has 0 unspecified atom stereocenters. The Bertz CT molecular complexity index is 789. The third-order valence-corrected chi connectivity index (χ3v) is 3.72. The molecule has 21 heavy (non-hydrogen) atoms. The van der Waals surface area contributed by atoms with Crippen molar-refractivity contribution in [3.05, 3.63) is 58.9 Å². The Morgan fingerprint density at radius 3 is 2.57 bits per heavy atom. The van der Waals surface area contributed by atoms with E-state index >= 15 is 0 Å². The number of fused-ring (bicyclic) bond motifs is 1. The summed E-state index contributed by atoms with van der Waals surface area (Å²) in [6.45, 7) is 8.26. The van der Waals surface area contributed by atoms with E-state index in [0.29, 0.717) is 0 Å². The standard InChI is InChI=1S/C18H20N2O/c1-11-9-13(3)17-15(10-11)19-18(20-17)14(4)21-16-8-6-5-7-12(16)2/h5-10,14H,1-4H3,(H,19,20)/t14-/m0/s1. The summed E-state index contributed by atoms with van der Waals surface area (Å²) < 4.78 is 6.04. The molecule has 3 aromatic rings. The second-order valence-corrected chi connectivity index (χ2v) is 5.63. The molecule has 1 heterocycles. The van der Waals surface area contributed by atoms with Gasteiger partial charge in [-0.25, -0.2) is 4.98 Å². The lowest BCUT2D eigenvalue weighted by Gasteiger charge is -2.14. The van der Waals surface area contributed by atoms with Gasteiger partial charge in [-0.3, -0.25) is 0 Å². The van der Waals surface area contributed by atoms with Gasteiger partial charge in [-0.15, -0.1) is 0 Å². The van der Waals surface area contributed by atoms with E-state index in [0.717, 1.165) is 28.2 Å². The van der Waals surface area contributed by atoms with Crippen molar-refractivity contribution in [2.75, 3.05) is 0 Å². The van der Waals surface area contributed by atoms with Crippen LogP contribution in [0.25, 0.3) is 11.0 Å². The van der Waals surface area contributed by atoms with Crippen molar-refractivity contribution in [1.82, 2.24) is 9.97 Å². The maximum absolute atomic E-state index is 6.04. The fourth-order valence-corrected chi connectivity index (χ4v) is 2.62. The lowest BCUT2D eigenvalue weighted by Crippen LogP contribution is -2.05. The Balaban J connectivity index is 1.93. The van der Waals surface area contributed by atoms with Crippen molar-refractivity contribution in [3.63, 3.8) is 0 Å². The summed E-state index contributed by atoms with van der Waals surface area (Å²) in [6, 6.07) is 12.3. The first kappa shape index (κ1) is 13.7. The number of nitrogens with zero attached hydrogens (tertiary/aromatic N) is 1. The molecule has 2 aromatic carbocycles. The SMILES string of the molecule is Cc1cc(C)c2nc([C@H](C)Oc3ccccc3C)[nH]c2c1. The van der Waals surface area contributed by atoms with Crippen molar-refractivity contribution in [1.29, 1.82) is 0 Å². The van der Waals surface area contributed by atoms with E-state index < -0.39 is 0 Å². The van der Waals surface area contributed by atoms with Gasteiger partial charge in [0.2, 0.25) is 0 Å². The van der Waals surface area contributed by atoms with Gasteiger partial charge in [0.1, 0.15) is 11.6 Å². The average molecular weight is 280 g/mol. The zero-order valence-electron chi connectivity index (χ0n) is 12.9. The van der Waals surface area contributed by atoms with Gasteiger partial charge in [0.15, 0.2) is 6.10 Å². The van der Waals surface area contributed by atoms with Crippen LogP contribution in [0.15, 0.2) is 36.4 Å². The summed E-state index contributed by atoms with van der Waals surface area (Å²) in [5.74, 6) is 1.76. The minimum atomic E-state index is -0.113. The number of imidazole rings is 1. The van der Waals surface area contributed by atoms with Gasteiger partial charge in [-0.2, -0.15) is 0 Å². The van der Waals surface area contributed by atoms with E-state index in [2.05, 4.69) is 31.0 Å². The molecule has 0 radical (unpaired) electrons. The number of aromatic amines is 1. The third kappa shape index (κ3) is 2.64. The highest BCUT2D eigenvalue weighted by Gasteiger charge is 2.14. The quantitative estimate of drug-likeness (QED) is 0.759. The molecule has 0 aliphatic carbocycles. The maximum atomic E-state index is 6.04. The molecule has 0 bridgehead atoms. The highest BCUT2D eigenvalue weighted by Crippen LogP contribution is 2.26. The fraction of sp³-hybridized carbons (Fsp3) is 0.278. The summed E-state index contributed by atoms with van der Waals surface area (Å²) in [4.78, 5) is 8.08. The first-order valence-corrected chi connectivity index (χ1v) is 7.24. The van der Waals surface area contributed by atoms with Crippen LogP contribution in [0.4, 0.5) is 0 Å². The fourth-order valence-electron chi connectivity index (χ4n) is 2.62. The molecule has 0 aliphatic heterocycles. The van der Waals surface area contributed by atoms with E-state index in [9.17, 15) is 0 Å². The normalized spacial score (nSPS) is 12.6. The minimum absolute atomic E-state index is 0.113. The van der Waals surface area contributed by atoms with Crippen LogP contribution < -0.4 is 4.74 Å². The van der Waals surface area contributed by atoms with E-state index in [4.69, 9.17) is 9.72 Å². The van der Waals surface area contributed by atoms with Crippen LogP contribution in [0.3, 0.4) is 0 Å². The van der Waals surface area contributed by atoms with Crippen LogP contribution in [0.1, 0.15) is 35.5 Å². The predicted octanol–water partition coefficient (Wildman–Crippen LogP) is 4.63. The van der Waals surface area contributed by atoms with Crippen LogP contribution in [-0.4, -0.2) is 9.97 Å². The van der Waals surface area contributed by atoms with Crippen LogP contribution in [0.2, 0.25) is 0 Å². The first-order chi connectivity index (χ1) is 10.0. The minimum Gasteiger partial charge on any atom is -0.483 e. The van der Waals surface area contributed by atoms with Gasteiger partial charge in [0.05, 0.1) is 11.0 Å². The van der Waals surface area contributed by atoms with Crippen molar-refractivity contribution in [2.45, 2.75) is 33.8 Å². The molecule has 0 saturated carbocycles. The maximum Gasteiger partial charge on any atom is 0.153 e. The monoisotopic (exact) mass is 280 g/mol. The topological polar surface area (TPSA) is 37.9 Å². The smallest absolute Gasteiger partial charge is 0.153 e. The number of ether oxygens (including phenoxy) is 1. The molecule has 1 atom stereocenters. The number of benzene rings is 2. The summed E-state index contributed by atoms with van der Waals surface area (Å²) in [6.07, 6.45) is -0.113. The second kappa shape index (κ2) is 5.24. The number of hydrogen-bond donors (Lipinski definition) is 1. The van der Waals surface area contributed by atoms with Gasteiger partial charge >= 0.3 is 0 Å². The Hall–Kier alpha value is -2.29. The van der Waals surface area contributed by atoms with Crippen molar-refractivity contribution in [2.24, 2.45) is 0 Å². The lowest BCUT2D eigenvalue weighted by molar-refractivity contribution is 0.216. The van der Waals surface area contributed by atoms with Gasteiger partial charge in [-0.1, -0.05) is 24.3 Å². The van der Waals surface area contributed by atoms with Gasteiger partial charge in [0.25, 0.3) is 0 Å². The Kier molecular flexibility index (Phi) is 3.42. The highest BCUT2D eigenvalue weighted by molar-refractivity contribution is 5.79. The van der Waals surface area contributed by atoms with Gasteiger partial charge in [-0.05, 0) is 56.5 Å². The van der Waals surface area contributed by atoms with E-state index in [1.165, 1.54) is 11.1 Å².